The summed E-state index contributed by atoms with van der Waals surface area (Å²) in [4.78, 5) is 0. The highest BCUT2D eigenvalue weighted by Crippen LogP contribution is 2.07. The fourth-order valence-electron chi connectivity index (χ4n) is 1.21. The fraction of sp³-hybridized carbons (Fsp3) is 0.385. The van der Waals surface area contributed by atoms with Gasteiger partial charge in [0.1, 0.15) is 0 Å². The first-order valence-corrected chi connectivity index (χ1v) is 5.08. The monoisotopic (exact) mass is 190 g/mol. The molecule has 0 heterocycles. The van der Waals surface area contributed by atoms with Crippen LogP contribution in [0.4, 0.5) is 0 Å². The third-order valence-corrected chi connectivity index (χ3v) is 1.97. The maximum atomic E-state index is 2.21. The Kier molecular flexibility index (Phi) is 3.90. The van der Waals surface area contributed by atoms with E-state index in [1.807, 2.05) is 0 Å². The summed E-state index contributed by atoms with van der Waals surface area (Å²) >= 11 is 0. The second-order valence-electron chi connectivity index (χ2n) is 4.61. The Hall–Kier alpha value is -1.08. The Morgan fingerprint density at radius 2 is 1.86 bits per heavy atom. The molecule has 0 aromatic rings. The minimum absolute atomic E-state index is 0.978. The summed E-state index contributed by atoms with van der Waals surface area (Å²) in [6.45, 7) is 1.07. The van der Waals surface area contributed by atoms with Crippen LogP contribution in [0, 0.1) is 0 Å². The molecule has 0 radical (unpaired) electrons. The lowest BCUT2D eigenvalue weighted by molar-refractivity contribution is -0.864. The van der Waals surface area contributed by atoms with Crippen LogP contribution in [0.3, 0.4) is 0 Å². The van der Waals surface area contributed by atoms with E-state index in [0.717, 1.165) is 17.4 Å². The van der Waals surface area contributed by atoms with E-state index in [1.165, 1.54) is 5.57 Å². The van der Waals surface area contributed by atoms with Crippen molar-refractivity contribution in [3.8, 4) is 0 Å². The summed E-state index contributed by atoms with van der Waals surface area (Å²) in [5.74, 6) is 0. The van der Waals surface area contributed by atoms with E-state index >= 15 is 0 Å². The Morgan fingerprint density at radius 1 is 1.21 bits per heavy atom. The van der Waals surface area contributed by atoms with Gasteiger partial charge < -0.3 is 4.48 Å². The smallest absolute Gasteiger partial charge is 0.0970 e. The first kappa shape index (κ1) is 11.0. The number of likely N-dealkylation sites (N-methyl/N-ethyl adjacent to an activating group) is 1. The van der Waals surface area contributed by atoms with Crippen LogP contribution in [0.15, 0.2) is 48.1 Å². The molecule has 1 heteroatoms. The molecule has 1 rings (SSSR count). The van der Waals surface area contributed by atoms with Crippen molar-refractivity contribution in [2.45, 2.75) is 6.42 Å². The van der Waals surface area contributed by atoms with Crippen molar-refractivity contribution in [1.82, 2.24) is 0 Å². The Labute approximate surface area is 87.3 Å². The molecule has 0 aromatic carbocycles. The van der Waals surface area contributed by atoms with Gasteiger partial charge in [0, 0.05) is 0 Å². The predicted octanol–water partition coefficient (Wildman–Crippen LogP) is 2.69. The topological polar surface area (TPSA) is 0 Å². The van der Waals surface area contributed by atoms with Crippen LogP contribution in [-0.4, -0.2) is 32.2 Å². The zero-order chi connectivity index (χ0) is 10.4. The quantitative estimate of drug-likeness (QED) is 0.600. The van der Waals surface area contributed by atoms with Crippen LogP contribution in [0.5, 0.6) is 0 Å². The van der Waals surface area contributed by atoms with Gasteiger partial charge in [0.05, 0.1) is 27.7 Å². The normalized spacial score (nSPS) is 16.6. The maximum absolute atomic E-state index is 2.21. The van der Waals surface area contributed by atoms with Crippen LogP contribution in [0.2, 0.25) is 0 Å². The summed E-state index contributed by atoms with van der Waals surface area (Å²) in [7, 11) is 6.58. The van der Waals surface area contributed by atoms with Gasteiger partial charge in [-0.1, -0.05) is 36.5 Å². The second kappa shape index (κ2) is 4.97. The van der Waals surface area contributed by atoms with E-state index in [2.05, 4.69) is 63.7 Å². The molecule has 1 aliphatic rings. The number of nitrogens with zero attached hydrogens (tertiary/aromatic N) is 1. The van der Waals surface area contributed by atoms with Crippen molar-refractivity contribution >= 4 is 0 Å². The molecule has 0 saturated carbocycles. The average molecular weight is 190 g/mol. The molecular formula is C13H20N+. The van der Waals surface area contributed by atoms with Gasteiger partial charge in [0.15, 0.2) is 0 Å². The SMILES string of the molecule is C[N+](C)(C)CC=CC=C1C=CCC=C1. The van der Waals surface area contributed by atoms with Gasteiger partial charge in [0.2, 0.25) is 0 Å². The molecule has 0 N–H and O–H groups in total. The summed E-state index contributed by atoms with van der Waals surface area (Å²) < 4.78 is 0.978. The van der Waals surface area contributed by atoms with E-state index in [1.54, 1.807) is 0 Å². The fourth-order valence-corrected chi connectivity index (χ4v) is 1.21. The van der Waals surface area contributed by atoms with Gasteiger partial charge in [-0.05, 0) is 18.1 Å². The second-order valence-corrected chi connectivity index (χ2v) is 4.61. The molecule has 0 saturated heterocycles. The van der Waals surface area contributed by atoms with Crippen molar-refractivity contribution in [1.29, 1.82) is 0 Å². The first-order chi connectivity index (χ1) is 6.58. The standard InChI is InChI=1S/C13H20N/c1-14(2,3)12-8-7-11-13-9-5-4-6-10-13/h5-11H,4,12H2,1-3H3/q+1. The highest BCUT2D eigenvalue weighted by atomic mass is 15.3. The van der Waals surface area contributed by atoms with Crippen LogP contribution < -0.4 is 0 Å². The summed E-state index contributed by atoms with van der Waals surface area (Å²) in [5.41, 5.74) is 1.29. The number of quaternary nitrogens is 1. The van der Waals surface area contributed by atoms with E-state index in [4.69, 9.17) is 0 Å². The first-order valence-electron chi connectivity index (χ1n) is 5.08. The minimum Gasteiger partial charge on any atom is -0.328 e. The van der Waals surface area contributed by atoms with Gasteiger partial charge in [-0.15, -0.1) is 0 Å². The average Bonchev–Trinajstić information content (AvgIpc) is 2.13. The van der Waals surface area contributed by atoms with E-state index in [0.29, 0.717) is 0 Å². The Morgan fingerprint density at radius 3 is 2.43 bits per heavy atom. The molecule has 76 valence electrons. The van der Waals surface area contributed by atoms with E-state index in [-0.39, 0.29) is 0 Å². The minimum atomic E-state index is 0.978. The summed E-state index contributed by atoms with van der Waals surface area (Å²) in [6.07, 6.45) is 16.3. The molecule has 14 heavy (non-hydrogen) atoms. The van der Waals surface area contributed by atoms with Crippen LogP contribution >= 0.6 is 0 Å². The third kappa shape index (κ3) is 4.83. The molecule has 0 unspecified atom stereocenters. The van der Waals surface area contributed by atoms with E-state index < -0.39 is 0 Å². The molecule has 0 atom stereocenters. The van der Waals surface area contributed by atoms with Gasteiger partial charge in [0.25, 0.3) is 0 Å². The Bertz CT molecular complexity index is 271. The van der Waals surface area contributed by atoms with Crippen molar-refractivity contribution in [3.63, 3.8) is 0 Å². The summed E-state index contributed by atoms with van der Waals surface area (Å²) in [5, 5.41) is 0. The number of allylic oxidation sites excluding steroid dienone is 7. The zero-order valence-corrected chi connectivity index (χ0v) is 9.40. The van der Waals surface area contributed by atoms with Crippen molar-refractivity contribution < 1.29 is 4.48 Å². The van der Waals surface area contributed by atoms with Crippen LogP contribution in [0.1, 0.15) is 6.42 Å². The summed E-state index contributed by atoms with van der Waals surface area (Å²) in [6, 6.07) is 0. The number of hydrogen-bond donors (Lipinski definition) is 0. The predicted molar refractivity (Wildman–Crippen MR) is 63.0 cm³/mol. The third-order valence-electron chi connectivity index (χ3n) is 1.97. The van der Waals surface area contributed by atoms with E-state index in [9.17, 15) is 0 Å². The lowest BCUT2D eigenvalue weighted by Crippen LogP contribution is -2.34. The molecule has 1 aliphatic carbocycles. The molecule has 0 fully saturated rings. The molecule has 0 aromatic heterocycles. The molecule has 0 amide bonds. The highest BCUT2D eigenvalue weighted by Gasteiger charge is 2.00. The molecule has 0 bridgehead atoms. The number of hydrogen-bond acceptors (Lipinski definition) is 0. The maximum Gasteiger partial charge on any atom is 0.0970 e. The van der Waals surface area contributed by atoms with Crippen molar-refractivity contribution in [2.24, 2.45) is 0 Å². The van der Waals surface area contributed by atoms with Crippen LogP contribution in [-0.2, 0) is 0 Å². The van der Waals surface area contributed by atoms with Crippen LogP contribution in [0.25, 0.3) is 0 Å². The lowest BCUT2D eigenvalue weighted by atomic mass is 10.1. The molecule has 1 nitrogen and oxygen atoms in total. The van der Waals surface area contributed by atoms with Gasteiger partial charge in [-0.3, -0.25) is 0 Å². The Balaban J connectivity index is 2.42. The largest absolute Gasteiger partial charge is 0.328 e. The molecule has 0 spiro atoms. The lowest BCUT2D eigenvalue weighted by Gasteiger charge is -2.21. The van der Waals surface area contributed by atoms with Gasteiger partial charge >= 0.3 is 0 Å². The zero-order valence-electron chi connectivity index (χ0n) is 9.40. The molecular weight excluding hydrogens is 170 g/mol. The number of rotatable bonds is 3. The highest BCUT2D eigenvalue weighted by molar-refractivity contribution is 5.36. The molecule has 0 aliphatic heterocycles. The van der Waals surface area contributed by atoms with Gasteiger partial charge in [-0.2, -0.15) is 0 Å². The van der Waals surface area contributed by atoms with Gasteiger partial charge in [-0.25, -0.2) is 0 Å². The van der Waals surface area contributed by atoms with Crippen molar-refractivity contribution in [2.75, 3.05) is 27.7 Å². The van der Waals surface area contributed by atoms with Crippen molar-refractivity contribution in [3.05, 3.63) is 48.1 Å².